The number of nitrogens with one attached hydrogen (secondary N) is 1. The van der Waals surface area contributed by atoms with Crippen molar-refractivity contribution < 1.29 is 19.1 Å². The Bertz CT molecular complexity index is 881. The Labute approximate surface area is 170 Å². The van der Waals surface area contributed by atoms with Gasteiger partial charge >= 0.3 is 0 Å². The van der Waals surface area contributed by atoms with E-state index in [9.17, 15) is 14.4 Å². The molecule has 0 bridgehead atoms. The van der Waals surface area contributed by atoms with Crippen molar-refractivity contribution in [3.05, 3.63) is 60.2 Å². The summed E-state index contributed by atoms with van der Waals surface area (Å²) < 4.78 is 5.61. The van der Waals surface area contributed by atoms with Gasteiger partial charge in [0.1, 0.15) is 5.75 Å². The second-order valence-electron chi connectivity index (χ2n) is 7.17. The number of Topliss-reactive ketones (excluding diaryl/α,β-unsaturated/α-hetero) is 1. The topological polar surface area (TPSA) is 75.7 Å². The molecule has 2 amide bonds. The number of ether oxygens (including phenoxy) is 1. The number of rotatable bonds is 8. The van der Waals surface area contributed by atoms with Gasteiger partial charge in [0.05, 0.1) is 24.3 Å². The predicted octanol–water partition coefficient (Wildman–Crippen LogP) is 2.75. The number of amides is 2. The van der Waals surface area contributed by atoms with E-state index in [0.29, 0.717) is 18.0 Å². The Morgan fingerprint density at radius 1 is 1.14 bits per heavy atom. The molecule has 1 aliphatic rings. The predicted molar refractivity (Wildman–Crippen MR) is 111 cm³/mol. The van der Waals surface area contributed by atoms with Crippen molar-refractivity contribution in [3.8, 4) is 5.75 Å². The fourth-order valence-electron chi connectivity index (χ4n) is 3.44. The van der Waals surface area contributed by atoms with E-state index in [0.717, 1.165) is 5.56 Å². The highest BCUT2D eigenvalue weighted by atomic mass is 16.5. The van der Waals surface area contributed by atoms with Crippen molar-refractivity contribution in [3.63, 3.8) is 0 Å². The summed E-state index contributed by atoms with van der Waals surface area (Å²) in [4.78, 5) is 39.2. The van der Waals surface area contributed by atoms with Gasteiger partial charge in [-0.25, -0.2) is 0 Å². The second-order valence-corrected chi connectivity index (χ2v) is 7.17. The average Bonchev–Trinajstić information content (AvgIpc) is 3.11. The Morgan fingerprint density at radius 3 is 2.55 bits per heavy atom. The zero-order chi connectivity index (χ0) is 20.8. The van der Waals surface area contributed by atoms with Crippen molar-refractivity contribution >= 4 is 23.3 Å². The minimum Gasteiger partial charge on any atom is -0.492 e. The van der Waals surface area contributed by atoms with Gasteiger partial charge in [0.15, 0.2) is 5.78 Å². The van der Waals surface area contributed by atoms with Gasteiger partial charge in [0, 0.05) is 19.4 Å². The molecule has 1 heterocycles. The zero-order valence-corrected chi connectivity index (χ0v) is 16.8. The maximum Gasteiger partial charge on any atom is 0.227 e. The van der Waals surface area contributed by atoms with Crippen LogP contribution < -0.4 is 15.0 Å². The summed E-state index contributed by atoms with van der Waals surface area (Å²) in [5.74, 6) is -0.336. The third kappa shape index (κ3) is 5.02. The quantitative estimate of drug-likeness (QED) is 0.747. The van der Waals surface area contributed by atoms with Crippen LogP contribution in [0.3, 0.4) is 0 Å². The number of carbonyl (C=O) groups excluding carboxylic acids is 3. The number of anilines is 1. The summed E-state index contributed by atoms with van der Waals surface area (Å²) in [5.41, 5.74) is 1.58. The molecule has 0 aromatic heterocycles. The van der Waals surface area contributed by atoms with Gasteiger partial charge in [-0.2, -0.15) is 0 Å². The lowest BCUT2D eigenvalue weighted by Crippen LogP contribution is -2.43. The van der Waals surface area contributed by atoms with E-state index in [2.05, 4.69) is 5.32 Å². The number of benzene rings is 2. The van der Waals surface area contributed by atoms with Crippen molar-refractivity contribution in [1.82, 2.24) is 5.32 Å². The van der Waals surface area contributed by atoms with Gasteiger partial charge in [-0.3, -0.25) is 14.4 Å². The van der Waals surface area contributed by atoms with Crippen LogP contribution in [0, 0.1) is 5.92 Å². The molecule has 0 saturated carbocycles. The Kier molecular flexibility index (Phi) is 6.65. The van der Waals surface area contributed by atoms with Crippen LogP contribution in [0.5, 0.6) is 5.75 Å². The molecule has 152 valence electrons. The largest absolute Gasteiger partial charge is 0.492 e. The summed E-state index contributed by atoms with van der Waals surface area (Å²) in [5, 5.41) is 2.78. The third-order valence-corrected chi connectivity index (χ3v) is 5.01. The molecule has 2 aromatic rings. The Morgan fingerprint density at radius 2 is 1.83 bits per heavy atom. The van der Waals surface area contributed by atoms with Crippen LogP contribution in [0.2, 0.25) is 0 Å². The summed E-state index contributed by atoms with van der Waals surface area (Å²) in [6.45, 7) is 4.33. The van der Waals surface area contributed by atoms with Crippen LogP contribution in [-0.4, -0.2) is 36.8 Å². The van der Waals surface area contributed by atoms with Gasteiger partial charge in [0.2, 0.25) is 11.8 Å². The van der Waals surface area contributed by atoms with Crippen LogP contribution in [-0.2, 0) is 20.8 Å². The standard InChI is InChI=1S/C23H26N2O4/c1-3-29-21-12-8-7-11-19(21)25-15-18(14-22(25)27)23(28)24-16(2)20(26)13-17-9-5-4-6-10-17/h4-12,16,18H,3,13-15H2,1-2H3,(H,24,28)/t16-,18+/m0/s1. The van der Waals surface area contributed by atoms with E-state index in [1.54, 1.807) is 11.8 Å². The Balaban J connectivity index is 1.61. The molecule has 6 nitrogen and oxygen atoms in total. The maximum absolute atomic E-state index is 12.7. The number of hydrogen-bond donors (Lipinski definition) is 1. The molecule has 1 fully saturated rings. The lowest BCUT2D eigenvalue weighted by Gasteiger charge is -2.20. The number of hydrogen-bond acceptors (Lipinski definition) is 4. The van der Waals surface area contributed by atoms with E-state index in [4.69, 9.17) is 4.74 Å². The van der Waals surface area contributed by atoms with Crippen LogP contribution in [0.25, 0.3) is 0 Å². The molecule has 2 atom stereocenters. The first-order valence-electron chi connectivity index (χ1n) is 9.88. The van der Waals surface area contributed by atoms with Gasteiger partial charge in [0.25, 0.3) is 0 Å². The van der Waals surface area contributed by atoms with Crippen LogP contribution >= 0.6 is 0 Å². The summed E-state index contributed by atoms with van der Waals surface area (Å²) >= 11 is 0. The van der Waals surface area contributed by atoms with Gasteiger partial charge in [-0.05, 0) is 31.5 Å². The smallest absolute Gasteiger partial charge is 0.227 e. The number of nitrogens with zero attached hydrogens (tertiary/aromatic N) is 1. The number of ketones is 1. The molecule has 3 rings (SSSR count). The molecular weight excluding hydrogens is 368 g/mol. The summed E-state index contributed by atoms with van der Waals surface area (Å²) in [6, 6.07) is 16.1. The van der Waals surface area contributed by atoms with Gasteiger partial charge in [-0.1, -0.05) is 42.5 Å². The molecule has 0 radical (unpaired) electrons. The van der Waals surface area contributed by atoms with Crippen LogP contribution in [0.4, 0.5) is 5.69 Å². The van der Waals surface area contributed by atoms with Crippen LogP contribution in [0.15, 0.2) is 54.6 Å². The van der Waals surface area contributed by atoms with E-state index in [-0.39, 0.29) is 37.0 Å². The van der Waals surface area contributed by atoms with Crippen molar-refractivity contribution in [2.24, 2.45) is 5.92 Å². The summed E-state index contributed by atoms with van der Waals surface area (Å²) in [6.07, 6.45) is 0.381. The van der Waals surface area contributed by atoms with Crippen LogP contribution in [0.1, 0.15) is 25.8 Å². The molecule has 1 aliphatic heterocycles. The second kappa shape index (κ2) is 9.37. The summed E-state index contributed by atoms with van der Waals surface area (Å²) in [7, 11) is 0. The molecule has 2 aromatic carbocycles. The third-order valence-electron chi connectivity index (χ3n) is 5.01. The number of para-hydroxylation sites is 2. The lowest BCUT2D eigenvalue weighted by molar-refractivity contribution is -0.130. The highest BCUT2D eigenvalue weighted by molar-refractivity contribution is 6.02. The highest BCUT2D eigenvalue weighted by Gasteiger charge is 2.37. The highest BCUT2D eigenvalue weighted by Crippen LogP contribution is 2.33. The van der Waals surface area contributed by atoms with Gasteiger partial charge in [-0.15, -0.1) is 0 Å². The van der Waals surface area contributed by atoms with E-state index in [1.807, 2.05) is 61.5 Å². The molecule has 6 heteroatoms. The molecule has 0 spiro atoms. The molecular formula is C23H26N2O4. The molecule has 0 aliphatic carbocycles. The minimum absolute atomic E-state index is 0.0626. The lowest BCUT2D eigenvalue weighted by atomic mass is 10.0. The van der Waals surface area contributed by atoms with Crippen molar-refractivity contribution in [2.75, 3.05) is 18.1 Å². The fraction of sp³-hybridized carbons (Fsp3) is 0.348. The number of carbonyl (C=O) groups is 3. The van der Waals surface area contributed by atoms with E-state index in [1.165, 1.54) is 0 Å². The van der Waals surface area contributed by atoms with E-state index >= 15 is 0 Å². The minimum atomic E-state index is -0.609. The average molecular weight is 394 g/mol. The zero-order valence-electron chi connectivity index (χ0n) is 16.8. The van der Waals surface area contributed by atoms with Crippen molar-refractivity contribution in [2.45, 2.75) is 32.7 Å². The SMILES string of the molecule is CCOc1ccccc1N1C[C@H](C(=O)N[C@@H](C)C(=O)Cc2ccccc2)CC1=O. The Hall–Kier alpha value is -3.15. The van der Waals surface area contributed by atoms with Gasteiger partial charge < -0.3 is 15.0 Å². The maximum atomic E-state index is 12.7. The van der Waals surface area contributed by atoms with Crippen molar-refractivity contribution in [1.29, 1.82) is 0 Å². The first-order chi connectivity index (χ1) is 14.0. The molecule has 29 heavy (non-hydrogen) atoms. The normalized spacial score (nSPS) is 17.1. The first kappa shape index (κ1) is 20.6. The first-order valence-corrected chi connectivity index (χ1v) is 9.88. The van der Waals surface area contributed by atoms with E-state index < -0.39 is 12.0 Å². The fourth-order valence-corrected chi connectivity index (χ4v) is 3.44. The molecule has 1 saturated heterocycles. The molecule has 1 N–H and O–H groups in total. The monoisotopic (exact) mass is 394 g/mol. The molecule has 0 unspecified atom stereocenters.